The number of rotatable bonds is 9. The predicted molar refractivity (Wildman–Crippen MR) is 95.8 cm³/mol. The monoisotopic (exact) mass is 325 g/mol. The van der Waals surface area contributed by atoms with Crippen molar-refractivity contribution in [1.29, 1.82) is 0 Å². The Labute approximate surface area is 142 Å². The summed E-state index contributed by atoms with van der Waals surface area (Å²) in [6.45, 7) is 0. The molecule has 0 aromatic heterocycles. The summed E-state index contributed by atoms with van der Waals surface area (Å²) in [6, 6.07) is 17.9. The topological polar surface area (TPSA) is 66.4 Å². The van der Waals surface area contributed by atoms with Gasteiger partial charge in [-0.25, -0.2) is 0 Å². The fraction of sp³-hybridized carbons (Fsp3) is 0.300. The van der Waals surface area contributed by atoms with E-state index in [0.717, 1.165) is 36.1 Å². The second-order valence-corrected chi connectivity index (χ2v) is 5.80. The van der Waals surface area contributed by atoms with Gasteiger partial charge in [-0.3, -0.25) is 9.59 Å². The van der Waals surface area contributed by atoms with Crippen molar-refractivity contribution in [3.8, 4) is 11.1 Å². The normalized spacial score (nSPS) is 10.3. The average molecular weight is 325 g/mol. The van der Waals surface area contributed by atoms with E-state index in [1.54, 1.807) is 0 Å². The number of carboxylic acids is 1. The Morgan fingerprint density at radius 1 is 0.750 bits per heavy atom. The lowest BCUT2D eigenvalue weighted by Crippen LogP contribution is -2.10. The summed E-state index contributed by atoms with van der Waals surface area (Å²) in [5.41, 5.74) is 3.06. The van der Waals surface area contributed by atoms with Crippen LogP contribution >= 0.6 is 0 Å². The molecular weight excluding hydrogens is 302 g/mol. The first-order valence-electron chi connectivity index (χ1n) is 8.32. The Morgan fingerprint density at radius 3 is 1.96 bits per heavy atom. The number of hydrogen-bond acceptors (Lipinski definition) is 2. The maximum atomic E-state index is 11.9. The van der Waals surface area contributed by atoms with Crippen LogP contribution < -0.4 is 5.32 Å². The lowest BCUT2D eigenvalue weighted by Gasteiger charge is -2.07. The second-order valence-electron chi connectivity index (χ2n) is 5.80. The van der Waals surface area contributed by atoms with Crippen LogP contribution in [0.4, 0.5) is 5.69 Å². The molecule has 0 aliphatic rings. The van der Waals surface area contributed by atoms with Crippen LogP contribution in [0.1, 0.15) is 38.5 Å². The van der Waals surface area contributed by atoms with Crippen molar-refractivity contribution >= 4 is 17.6 Å². The van der Waals surface area contributed by atoms with Crippen molar-refractivity contribution in [1.82, 2.24) is 0 Å². The van der Waals surface area contributed by atoms with E-state index in [9.17, 15) is 9.59 Å². The molecule has 0 aliphatic carbocycles. The van der Waals surface area contributed by atoms with Crippen LogP contribution in [0.2, 0.25) is 0 Å². The first-order valence-corrected chi connectivity index (χ1v) is 8.32. The fourth-order valence-corrected chi connectivity index (χ4v) is 2.52. The Kier molecular flexibility index (Phi) is 7.02. The van der Waals surface area contributed by atoms with E-state index >= 15 is 0 Å². The van der Waals surface area contributed by atoms with E-state index in [1.807, 2.05) is 42.5 Å². The van der Waals surface area contributed by atoms with Gasteiger partial charge < -0.3 is 10.4 Å². The van der Waals surface area contributed by atoms with E-state index in [-0.39, 0.29) is 12.3 Å². The number of nitrogens with one attached hydrogen (secondary N) is 1. The molecule has 2 rings (SSSR count). The molecule has 0 spiro atoms. The van der Waals surface area contributed by atoms with Gasteiger partial charge in [0.2, 0.25) is 5.91 Å². The molecule has 0 saturated heterocycles. The molecule has 0 atom stereocenters. The molecule has 1 amide bonds. The summed E-state index contributed by atoms with van der Waals surface area (Å²) in [4.78, 5) is 22.3. The lowest BCUT2D eigenvalue weighted by atomic mass is 10.1. The van der Waals surface area contributed by atoms with Gasteiger partial charge in [-0.2, -0.15) is 0 Å². The molecule has 4 nitrogen and oxygen atoms in total. The van der Waals surface area contributed by atoms with Crippen LogP contribution in [0.3, 0.4) is 0 Å². The van der Waals surface area contributed by atoms with Gasteiger partial charge in [-0.1, -0.05) is 55.3 Å². The van der Waals surface area contributed by atoms with E-state index in [2.05, 4.69) is 17.4 Å². The molecule has 0 fully saturated rings. The third-order valence-corrected chi connectivity index (χ3v) is 3.82. The number of benzene rings is 2. The first-order chi connectivity index (χ1) is 11.6. The quantitative estimate of drug-likeness (QED) is 0.656. The molecule has 126 valence electrons. The molecule has 0 saturated carbocycles. The number of carbonyl (C=O) groups excluding carboxylic acids is 1. The van der Waals surface area contributed by atoms with Crippen LogP contribution in [0, 0.1) is 0 Å². The summed E-state index contributed by atoms with van der Waals surface area (Å²) in [6.07, 6.45) is 3.87. The third kappa shape index (κ3) is 6.24. The zero-order valence-electron chi connectivity index (χ0n) is 13.7. The number of hydrogen-bond donors (Lipinski definition) is 2. The first kappa shape index (κ1) is 17.7. The number of carbonyl (C=O) groups is 2. The number of carboxylic acid groups (broad SMARTS) is 1. The van der Waals surface area contributed by atoms with Crippen molar-refractivity contribution in [3.63, 3.8) is 0 Å². The summed E-state index contributed by atoms with van der Waals surface area (Å²) in [5.74, 6) is -0.757. The Bertz CT molecular complexity index is 650. The minimum Gasteiger partial charge on any atom is -0.481 e. The van der Waals surface area contributed by atoms with Gasteiger partial charge >= 0.3 is 5.97 Å². The number of aliphatic carboxylic acids is 1. The highest BCUT2D eigenvalue weighted by molar-refractivity contribution is 5.90. The van der Waals surface area contributed by atoms with Gasteiger partial charge in [-0.15, -0.1) is 0 Å². The molecule has 2 N–H and O–H groups in total. The molecule has 4 heteroatoms. The van der Waals surface area contributed by atoms with Crippen LogP contribution in [0.15, 0.2) is 54.6 Å². The summed E-state index contributed by atoms with van der Waals surface area (Å²) >= 11 is 0. The number of anilines is 1. The summed E-state index contributed by atoms with van der Waals surface area (Å²) in [7, 11) is 0. The van der Waals surface area contributed by atoms with Crippen LogP contribution in [-0.2, 0) is 9.59 Å². The largest absolute Gasteiger partial charge is 0.481 e. The van der Waals surface area contributed by atoms with Gasteiger partial charge in [0.15, 0.2) is 0 Å². The maximum Gasteiger partial charge on any atom is 0.303 e. The van der Waals surface area contributed by atoms with E-state index in [4.69, 9.17) is 5.11 Å². The van der Waals surface area contributed by atoms with Gasteiger partial charge in [0.25, 0.3) is 0 Å². The van der Waals surface area contributed by atoms with Crippen molar-refractivity contribution < 1.29 is 14.7 Å². The summed E-state index contributed by atoms with van der Waals surface area (Å²) < 4.78 is 0. The molecule has 2 aromatic rings. The Balaban J connectivity index is 1.71. The number of amides is 1. The maximum absolute atomic E-state index is 11.9. The second kappa shape index (κ2) is 9.50. The van der Waals surface area contributed by atoms with Crippen molar-refractivity contribution in [2.24, 2.45) is 0 Å². The minimum absolute atomic E-state index is 0.000644. The van der Waals surface area contributed by atoms with E-state index < -0.39 is 5.97 Å². The smallest absolute Gasteiger partial charge is 0.303 e. The van der Waals surface area contributed by atoms with E-state index in [0.29, 0.717) is 12.8 Å². The van der Waals surface area contributed by atoms with Crippen LogP contribution in [0.25, 0.3) is 11.1 Å². The van der Waals surface area contributed by atoms with Crippen molar-refractivity contribution in [2.45, 2.75) is 38.5 Å². The molecule has 0 heterocycles. The lowest BCUT2D eigenvalue weighted by molar-refractivity contribution is -0.137. The molecular formula is C20H23NO3. The standard InChI is InChI=1S/C20H23NO3/c22-19(10-6-1-2-7-11-20(23)24)21-18-14-12-17(13-15-18)16-8-4-3-5-9-16/h3-5,8-9,12-15H,1-2,6-7,10-11H2,(H,21,22)(H,23,24). The highest BCUT2D eigenvalue weighted by Crippen LogP contribution is 2.21. The zero-order valence-corrected chi connectivity index (χ0v) is 13.7. The molecule has 2 aromatic carbocycles. The highest BCUT2D eigenvalue weighted by atomic mass is 16.4. The Morgan fingerprint density at radius 2 is 1.33 bits per heavy atom. The molecule has 0 aliphatic heterocycles. The van der Waals surface area contributed by atoms with E-state index in [1.165, 1.54) is 0 Å². The van der Waals surface area contributed by atoms with Crippen molar-refractivity contribution in [2.75, 3.05) is 5.32 Å². The van der Waals surface area contributed by atoms with Crippen molar-refractivity contribution in [3.05, 3.63) is 54.6 Å². The Hall–Kier alpha value is -2.62. The third-order valence-electron chi connectivity index (χ3n) is 3.82. The van der Waals surface area contributed by atoms with Gasteiger partial charge in [-0.05, 0) is 36.1 Å². The number of unbranched alkanes of at least 4 members (excludes halogenated alkanes) is 3. The average Bonchev–Trinajstić information content (AvgIpc) is 2.59. The molecule has 0 radical (unpaired) electrons. The molecule has 24 heavy (non-hydrogen) atoms. The van der Waals surface area contributed by atoms with Gasteiger partial charge in [0, 0.05) is 18.5 Å². The van der Waals surface area contributed by atoms with Gasteiger partial charge in [0.05, 0.1) is 0 Å². The zero-order chi connectivity index (χ0) is 17.2. The SMILES string of the molecule is O=C(O)CCCCCCC(=O)Nc1ccc(-c2ccccc2)cc1. The summed E-state index contributed by atoms with van der Waals surface area (Å²) in [5, 5.41) is 11.4. The molecule has 0 unspecified atom stereocenters. The minimum atomic E-state index is -0.758. The highest BCUT2D eigenvalue weighted by Gasteiger charge is 2.03. The molecule has 0 bridgehead atoms. The predicted octanol–water partition coefficient (Wildman–Crippen LogP) is 4.72. The van der Waals surface area contributed by atoms with Crippen LogP contribution in [-0.4, -0.2) is 17.0 Å². The van der Waals surface area contributed by atoms with Gasteiger partial charge in [0.1, 0.15) is 0 Å². The fourth-order valence-electron chi connectivity index (χ4n) is 2.52. The van der Waals surface area contributed by atoms with Crippen LogP contribution in [0.5, 0.6) is 0 Å².